The van der Waals surface area contributed by atoms with Crippen molar-refractivity contribution in [3.63, 3.8) is 0 Å². The molecule has 26 heteroatoms. The summed E-state index contributed by atoms with van der Waals surface area (Å²) in [6.07, 6.45) is 4.56. The Morgan fingerprint density at radius 1 is 0.945 bits per heavy atom. The third-order valence-corrected chi connectivity index (χ3v) is 14.2. The van der Waals surface area contributed by atoms with Gasteiger partial charge >= 0.3 is 190 Å². The van der Waals surface area contributed by atoms with Crippen molar-refractivity contribution in [2.75, 3.05) is 53.1 Å². The summed E-state index contributed by atoms with van der Waals surface area (Å²) < 4.78 is 27.1. The standard InChI is InChI=1S/C26H24FN3O4.C21H30N7O10.Pb/c1-4-13-15-7-21-24-16(9-30(21)25(32)17(15)10-34-26(13)33)23-20(29(3)11-31)6-5-14-12(2)18(27)8-19(28-24)22(14)23;1-3-38-11-26-15(30)8-24-20(36)12(2)27-16(31)9-23-14(29)7-25-21(37)13(6-22-10-19(34)35)28-17(32)4-5-18(28)33;/h7-8,11,13,20H,4-6,9-10H2,1-3H3;4-5,12-13,22H,2-3,6-11H2,1H3,(H,23,29)(H,24,36)(H,25,37)(H,26,30)(H,27,31)(H,34,35);. The van der Waals surface area contributed by atoms with Crippen LogP contribution in [0.2, 0.25) is 3.98 Å². The maximum absolute atomic E-state index is 14.8. The second kappa shape index (κ2) is 24.6. The normalized spacial score (nSPS) is 16.7. The number of fused-ring (bicyclic) bond motifs is 5. The van der Waals surface area contributed by atoms with Gasteiger partial charge < -0.3 is 24.6 Å². The van der Waals surface area contributed by atoms with Crippen LogP contribution in [0.1, 0.15) is 72.0 Å². The quantitative estimate of drug-likeness (QED) is 0.0118. The zero-order chi connectivity index (χ0) is 53.3. The van der Waals surface area contributed by atoms with Crippen molar-refractivity contribution >= 4 is 96.4 Å². The van der Waals surface area contributed by atoms with Crippen LogP contribution in [-0.2, 0) is 77.0 Å². The van der Waals surface area contributed by atoms with Gasteiger partial charge in [-0.2, -0.15) is 0 Å². The van der Waals surface area contributed by atoms with Gasteiger partial charge in [-0.1, -0.05) is 6.92 Å². The number of pyridine rings is 2. The first-order valence-electron chi connectivity index (χ1n) is 23.2. The molecule has 3 radical (unpaired) electrons. The first kappa shape index (κ1) is 55.3. The molecule has 7 rings (SSSR count). The van der Waals surface area contributed by atoms with Gasteiger partial charge in [-0.25, -0.2) is 9.37 Å². The minimum absolute atomic E-state index is 0.000190. The van der Waals surface area contributed by atoms with Crippen LogP contribution in [0, 0.1) is 12.7 Å². The van der Waals surface area contributed by atoms with E-state index >= 15 is 0 Å². The fraction of sp³-hybridized carbons (Fsp3) is 0.447. The Balaban J connectivity index is 0.000000239. The SMILES string of the molecule is CCC1C(=O)OCc2c1cc1n(c2=O)Cc2c-1nc1cc(F)c(C)c3c1c2C(N(C)C=O)CC3.CCOCNC(=O)CNC(=O)C([CH2][Pb])NC(=O)CNC(=O)CNC(=O)C(CNCC(=O)O)N1C(=O)C=CC1=O. The number of hydrogen-bond donors (Lipinski definition) is 7. The van der Waals surface area contributed by atoms with Gasteiger partial charge in [-0.3, -0.25) is 28.8 Å². The number of carboxylic acid groups (broad SMARTS) is 1. The number of nitrogens with zero attached hydrogens (tertiary/aromatic N) is 4. The average Bonchev–Trinajstić information content (AvgIpc) is 3.91. The van der Waals surface area contributed by atoms with Crippen LogP contribution < -0.4 is 37.5 Å². The summed E-state index contributed by atoms with van der Waals surface area (Å²) in [5, 5.41) is 23.8. The predicted molar refractivity (Wildman–Crippen MR) is 254 cm³/mol. The van der Waals surface area contributed by atoms with Gasteiger partial charge in [0.2, 0.25) is 6.41 Å². The van der Waals surface area contributed by atoms with Gasteiger partial charge in [0.25, 0.3) is 17.4 Å². The molecule has 24 nitrogen and oxygen atoms in total. The third kappa shape index (κ3) is 12.4. The number of imide groups is 1. The molecule has 0 fully saturated rings. The predicted octanol–water partition coefficient (Wildman–Crippen LogP) is -2.02. The molecule has 8 amide bonds. The first-order chi connectivity index (χ1) is 34.8. The first-order valence-corrected chi connectivity index (χ1v) is 25.9. The van der Waals surface area contributed by atoms with Crippen LogP contribution in [0.4, 0.5) is 4.39 Å². The number of aliphatic carboxylic acids is 1. The molecular weight excluding hydrogens is 1150 g/mol. The topological polar surface area (TPSA) is 323 Å². The van der Waals surface area contributed by atoms with Crippen molar-refractivity contribution < 1.29 is 66.9 Å². The number of carbonyl (C=O) groups excluding carboxylic acids is 9. The Labute approximate surface area is 432 Å². The Hall–Kier alpha value is -7.01. The van der Waals surface area contributed by atoms with Crippen molar-refractivity contribution in [3.05, 3.63) is 73.8 Å². The molecular formula is C47H54FN10O14Pb. The van der Waals surface area contributed by atoms with Crippen LogP contribution in [0.3, 0.4) is 0 Å². The number of carbonyl (C=O) groups is 10. The fourth-order valence-electron chi connectivity index (χ4n) is 8.94. The van der Waals surface area contributed by atoms with Crippen LogP contribution in [0.25, 0.3) is 22.3 Å². The fourth-order valence-corrected chi connectivity index (χ4v) is 10.1. The molecule has 3 aromatic rings. The number of benzene rings is 1. The van der Waals surface area contributed by atoms with E-state index in [2.05, 4.69) is 31.9 Å². The molecule has 0 bridgehead atoms. The Morgan fingerprint density at radius 3 is 2.26 bits per heavy atom. The molecule has 5 heterocycles. The summed E-state index contributed by atoms with van der Waals surface area (Å²) in [4.78, 5) is 140. The molecule has 3 aliphatic heterocycles. The summed E-state index contributed by atoms with van der Waals surface area (Å²) in [5.41, 5.74) is 6.14. The van der Waals surface area contributed by atoms with Crippen molar-refractivity contribution in [2.24, 2.45) is 0 Å². The summed E-state index contributed by atoms with van der Waals surface area (Å²) in [5.74, 6) is -7.34. The molecule has 0 spiro atoms. The van der Waals surface area contributed by atoms with E-state index in [4.69, 9.17) is 19.6 Å². The number of amides is 8. The van der Waals surface area contributed by atoms with Gasteiger partial charge in [0.1, 0.15) is 12.4 Å². The van der Waals surface area contributed by atoms with Crippen LogP contribution in [-0.4, -0.2) is 175 Å². The van der Waals surface area contributed by atoms with E-state index in [1.54, 1.807) is 30.4 Å². The molecule has 4 unspecified atom stereocenters. The number of ether oxygens (including phenoxy) is 2. The van der Waals surface area contributed by atoms with E-state index in [9.17, 15) is 57.1 Å². The Bertz CT molecular complexity index is 2840. The van der Waals surface area contributed by atoms with Crippen LogP contribution in [0.15, 0.2) is 29.1 Å². The average molecular weight is 1210 g/mol. The van der Waals surface area contributed by atoms with Gasteiger partial charge in [0.15, 0.2) is 0 Å². The Morgan fingerprint density at radius 2 is 1.62 bits per heavy atom. The zero-order valence-corrected chi connectivity index (χ0v) is 44.2. The zero-order valence-electron chi connectivity index (χ0n) is 40.3. The minimum atomic E-state index is -1.43. The molecule has 73 heavy (non-hydrogen) atoms. The number of halogens is 1. The van der Waals surface area contributed by atoms with Crippen LogP contribution >= 0.6 is 0 Å². The Kier molecular flexibility index (Phi) is 18.6. The second-order valence-corrected chi connectivity index (χ2v) is 18.7. The molecule has 4 aliphatic rings. The van der Waals surface area contributed by atoms with Crippen molar-refractivity contribution in [3.8, 4) is 11.4 Å². The van der Waals surface area contributed by atoms with Gasteiger partial charge in [0.05, 0.1) is 47.5 Å². The summed E-state index contributed by atoms with van der Waals surface area (Å²) in [6.45, 7) is 3.75. The smallest absolute Gasteiger partial charge is 0.480 e. The van der Waals surface area contributed by atoms with Gasteiger partial charge in [-0.05, 0) is 54.5 Å². The molecule has 7 N–H and O–H groups in total. The van der Waals surface area contributed by atoms with E-state index in [0.717, 1.165) is 40.6 Å². The van der Waals surface area contributed by atoms with Crippen molar-refractivity contribution in [1.29, 1.82) is 0 Å². The summed E-state index contributed by atoms with van der Waals surface area (Å²) >= 11 is 0.553. The molecule has 1 aromatic carbocycles. The number of nitrogens with one attached hydrogen (secondary N) is 6. The van der Waals surface area contributed by atoms with E-state index in [1.165, 1.54) is 6.07 Å². The van der Waals surface area contributed by atoms with E-state index in [-0.39, 0.29) is 49.8 Å². The third-order valence-electron chi connectivity index (χ3n) is 12.6. The molecule has 2 aromatic heterocycles. The molecule has 0 saturated heterocycles. The monoisotopic (exact) mass is 1210 g/mol. The maximum atomic E-state index is 14.8. The number of aromatic nitrogens is 2. The van der Waals surface area contributed by atoms with Gasteiger partial charge in [0, 0.05) is 36.2 Å². The van der Waals surface area contributed by atoms with Crippen molar-refractivity contribution in [1.82, 2.24) is 51.3 Å². The number of cyclic esters (lactones) is 1. The second-order valence-electron chi connectivity index (χ2n) is 17.2. The number of carboxylic acids is 1. The molecule has 4 atom stereocenters. The van der Waals surface area contributed by atoms with Gasteiger partial charge in [-0.15, -0.1) is 0 Å². The van der Waals surface area contributed by atoms with E-state index < -0.39 is 85.0 Å². The minimum Gasteiger partial charge on any atom is -0.480 e. The van der Waals surface area contributed by atoms with E-state index in [1.807, 2.05) is 13.0 Å². The molecule has 387 valence electrons. The number of rotatable bonds is 21. The molecule has 1 aliphatic carbocycles. The number of aryl methyl sites for hydroxylation is 1. The van der Waals surface area contributed by atoms with E-state index in [0.29, 0.717) is 101 Å². The van der Waals surface area contributed by atoms with Crippen LogP contribution in [0.5, 0.6) is 0 Å². The van der Waals surface area contributed by atoms with Crippen molar-refractivity contribution in [2.45, 2.75) is 81.2 Å². The number of hydrogen-bond acceptors (Lipinski definition) is 15. The number of esters is 1. The molecule has 0 saturated carbocycles. The summed E-state index contributed by atoms with van der Waals surface area (Å²) in [6, 6.07) is 0.803. The summed E-state index contributed by atoms with van der Waals surface area (Å²) in [7, 11) is 1.75.